The molecule has 1 saturated heterocycles. The van der Waals surface area contributed by atoms with Gasteiger partial charge < -0.3 is 9.64 Å². The number of rotatable bonds is 4. The van der Waals surface area contributed by atoms with Crippen LogP contribution in [0.4, 0.5) is 0 Å². The molecule has 0 aromatic carbocycles. The highest BCUT2D eigenvalue weighted by atomic mass is 16.5. The summed E-state index contributed by atoms with van der Waals surface area (Å²) in [5.74, 6) is 6.79. The van der Waals surface area contributed by atoms with Crippen LogP contribution in [0.25, 0.3) is 0 Å². The predicted molar refractivity (Wildman–Crippen MR) is 68.3 cm³/mol. The predicted octanol–water partition coefficient (Wildman–Crippen LogP) is 2.54. The number of nitrogens with zero attached hydrogens (tertiary/aromatic N) is 1. The molecule has 1 fully saturated rings. The standard InChI is InChI=1S/C14H25NO/c1-4-5-6-11-16-12-14-7-9-15(10-8-14)13(2)3/h13-14H,4,7-12H2,1-3H3. The lowest BCUT2D eigenvalue weighted by Crippen LogP contribution is -2.39. The van der Waals surface area contributed by atoms with Crippen molar-refractivity contribution in [3.8, 4) is 11.8 Å². The van der Waals surface area contributed by atoms with Gasteiger partial charge in [0.1, 0.15) is 6.61 Å². The van der Waals surface area contributed by atoms with Crippen LogP contribution in [0, 0.1) is 17.8 Å². The van der Waals surface area contributed by atoms with Crippen molar-refractivity contribution in [1.29, 1.82) is 0 Å². The van der Waals surface area contributed by atoms with Gasteiger partial charge in [-0.2, -0.15) is 0 Å². The van der Waals surface area contributed by atoms with Gasteiger partial charge in [0.15, 0.2) is 0 Å². The van der Waals surface area contributed by atoms with Crippen LogP contribution in [0.15, 0.2) is 0 Å². The van der Waals surface area contributed by atoms with Crippen molar-refractivity contribution in [1.82, 2.24) is 4.90 Å². The highest BCUT2D eigenvalue weighted by Crippen LogP contribution is 2.18. The van der Waals surface area contributed by atoms with Gasteiger partial charge in [0.25, 0.3) is 0 Å². The molecule has 0 unspecified atom stereocenters. The lowest BCUT2D eigenvalue weighted by Gasteiger charge is -2.34. The van der Waals surface area contributed by atoms with Crippen LogP contribution in [0.1, 0.15) is 40.0 Å². The second-order valence-electron chi connectivity index (χ2n) is 4.80. The average Bonchev–Trinajstić information content (AvgIpc) is 2.29. The van der Waals surface area contributed by atoms with Gasteiger partial charge >= 0.3 is 0 Å². The Morgan fingerprint density at radius 1 is 1.25 bits per heavy atom. The van der Waals surface area contributed by atoms with Crippen molar-refractivity contribution < 1.29 is 4.74 Å². The maximum atomic E-state index is 5.58. The van der Waals surface area contributed by atoms with Gasteiger partial charge in [0.05, 0.1) is 6.61 Å². The summed E-state index contributed by atoms with van der Waals surface area (Å²) in [6, 6.07) is 0.692. The molecule has 0 N–H and O–H groups in total. The molecular weight excluding hydrogens is 198 g/mol. The van der Waals surface area contributed by atoms with Gasteiger partial charge in [-0.05, 0) is 45.7 Å². The molecule has 2 heteroatoms. The molecule has 0 aromatic heterocycles. The number of ether oxygens (including phenoxy) is 1. The Labute approximate surface area is 100 Å². The lowest BCUT2D eigenvalue weighted by atomic mass is 9.97. The van der Waals surface area contributed by atoms with Crippen molar-refractivity contribution in [3.63, 3.8) is 0 Å². The first-order valence-corrected chi connectivity index (χ1v) is 6.51. The maximum absolute atomic E-state index is 5.58. The van der Waals surface area contributed by atoms with Crippen LogP contribution in [0.2, 0.25) is 0 Å². The second kappa shape index (κ2) is 7.70. The monoisotopic (exact) mass is 223 g/mol. The Morgan fingerprint density at radius 3 is 2.50 bits per heavy atom. The summed E-state index contributed by atoms with van der Waals surface area (Å²) in [4.78, 5) is 2.55. The molecule has 2 nitrogen and oxygen atoms in total. The summed E-state index contributed by atoms with van der Waals surface area (Å²) in [5.41, 5.74) is 0. The van der Waals surface area contributed by atoms with E-state index in [-0.39, 0.29) is 0 Å². The largest absolute Gasteiger partial charge is 0.368 e. The minimum Gasteiger partial charge on any atom is -0.368 e. The van der Waals surface area contributed by atoms with Crippen LogP contribution in [-0.4, -0.2) is 37.2 Å². The van der Waals surface area contributed by atoms with Crippen molar-refractivity contribution in [2.45, 2.75) is 46.1 Å². The smallest absolute Gasteiger partial charge is 0.107 e. The zero-order valence-corrected chi connectivity index (χ0v) is 11.0. The Morgan fingerprint density at radius 2 is 1.94 bits per heavy atom. The van der Waals surface area contributed by atoms with Gasteiger partial charge in [0, 0.05) is 12.5 Å². The van der Waals surface area contributed by atoms with E-state index < -0.39 is 0 Å². The van der Waals surface area contributed by atoms with Gasteiger partial charge in [-0.1, -0.05) is 12.8 Å². The highest BCUT2D eigenvalue weighted by molar-refractivity contribution is 4.97. The highest BCUT2D eigenvalue weighted by Gasteiger charge is 2.20. The fourth-order valence-electron chi connectivity index (χ4n) is 2.09. The normalized spacial score (nSPS) is 18.5. The average molecular weight is 223 g/mol. The van der Waals surface area contributed by atoms with Gasteiger partial charge in [0.2, 0.25) is 0 Å². The third-order valence-corrected chi connectivity index (χ3v) is 3.21. The summed E-state index contributed by atoms with van der Waals surface area (Å²) in [6.07, 6.45) is 3.48. The Balaban J connectivity index is 2.08. The summed E-state index contributed by atoms with van der Waals surface area (Å²) in [7, 11) is 0. The van der Waals surface area contributed by atoms with Crippen molar-refractivity contribution >= 4 is 0 Å². The van der Waals surface area contributed by atoms with E-state index in [1.54, 1.807) is 0 Å². The molecule has 92 valence electrons. The number of piperidine rings is 1. The van der Waals surface area contributed by atoms with E-state index >= 15 is 0 Å². The number of hydrogen-bond donors (Lipinski definition) is 0. The van der Waals surface area contributed by atoms with Crippen LogP contribution >= 0.6 is 0 Å². The van der Waals surface area contributed by atoms with Crippen LogP contribution in [0.5, 0.6) is 0 Å². The molecule has 16 heavy (non-hydrogen) atoms. The third kappa shape index (κ3) is 5.01. The number of likely N-dealkylation sites (tertiary alicyclic amines) is 1. The quantitative estimate of drug-likeness (QED) is 0.536. The minimum atomic E-state index is 0.609. The van der Waals surface area contributed by atoms with E-state index in [1.165, 1.54) is 25.9 Å². The van der Waals surface area contributed by atoms with Crippen LogP contribution < -0.4 is 0 Å². The zero-order chi connectivity index (χ0) is 11.8. The fraction of sp³-hybridized carbons (Fsp3) is 0.857. The minimum absolute atomic E-state index is 0.609. The molecule has 1 rings (SSSR count). The Bertz CT molecular complexity index is 231. The van der Waals surface area contributed by atoms with E-state index in [9.17, 15) is 0 Å². The molecule has 1 aliphatic rings. The molecule has 0 saturated carbocycles. The first-order valence-electron chi connectivity index (χ1n) is 6.51. The Kier molecular flexibility index (Phi) is 6.52. The molecule has 0 radical (unpaired) electrons. The summed E-state index contributed by atoms with van der Waals surface area (Å²) < 4.78 is 5.58. The molecule has 1 aliphatic heterocycles. The van der Waals surface area contributed by atoms with Crippen molar-refractivity contribution in [2.24, 2.45) is 5.92 Å². The number of hydrogen-bond acceptors (Lipinski definition) is 2. The fourth-order valence-corrected chi connectivity index (χ4v) is 2.09. The molecular formula is C14H25NO. The van der Waals surface area contributed by atoms with Crippen LogP contribution in [-0.2, 0) is 4.74 Å². The van der Waals surface area contributed by atoms with Gasteiger partial charge in [-0.25, -0.2) is 0 Å². The molecule has 1 heterocycles. The lowest BCUT2D eigenvalue weighted by molar-refractivity contribution is 0.0746. The molecule has 0 bridgehead atoms. The maximum Gasteiger partial charge on any atom is 0.107 e. The summed E-state index contributed by atoms with van der Waals surface area (Å²) in [5, 5.41) is 0. The third-order valence-electron chi connectivity index (χ3n) is 3.21. The molecule has 0 aromatic rings. The molecule has 0 amide bonds. The van der Waals surface area contributed by atoms with E-state index in [2.05, 4.69) is 37.5 Å². The van der Waals surface area contributed by atoms with E-state index in [0.717, 1.165) is 18.9 Å². The van der Waals surface area contributed by atoms with Crippen molar-refractivity contribution in [3.05, 3.63) is 0 Å². The second-order valence-corrected chi connectivity index (χ2v) is 4.80. The first-order chi connectivity index (χ1) is 7.74. The van der Waals surface area contributed by atoms with E-state index in [4.69, 9.17) is 4.74 Å². The SMILES string of the molecule is CCC#CCOCC1CCN(C(C)C)CC1. The van der Waals surface area contributed by atoms with E-state index in [0.29, 0.717) is 12.6 Å². The van der Waals surface area contributed by atoms with Gasteiger partial charge in [-0.3, -0.25) is 0 Å². The summed E-state index contributed by atoms with van der Waals surface area (Å²) >= 11 is 0. The first kappa shape index (κ1) is 13.5. The molecule has 0 spiro atoms. The Hall–Kier alpha value is -0.520. The van der Waals surface area contributed by atoms with Crippen molar-refractivity contribution in [2.75, 3.05) is 26.3 Å². The summed E-state index contributed by atoms with van der Waals surface area (Å²) in [6.45, 7) is 10.6. The van der Waals surface area contributed by atoms with Gasteiger partial charge in [-0.15, -0.1) is 5.92 Å². The zero-order valence-electron chi connectivity index (χ0n) is 11.0. The molecule has 0 atom stereocenters. The molecule has 0 aliphatic carbocycles. The van der Waals surface area contributed by atoms with E-state index in [1.807, 2.05) is 0 Å². The topological polar surface area (TPSA) is 12.5 Å². The van der Waals surface area contributed by atoms with Crippen LogP contribution in [0.3, 0.4) is 0 Å².